The Hall–Kier alpha value is -3.78. The molecule has 0 aliphatic carbocycles. The van der Waals surface area contributed by atoms with Gasteiger partial charge in [0, 0.05) is 24.3 Å². The van der Waals surface area contributed by atoms with Gasteiger partial charge in [0.15, 0.2) is 0 Å². The first-order valence-electron chi connectivity index (χ1n) is 8.30. The Kier molecular flexibility index (Phi) is 4.94. The number of hydrogen-bond acceptors (Lipinski definition) is 6. The third-order valence-corrected chi connectivity index (χ3v) is 4.69. The molecule has 7 nitrogen and oxygen atoms in total. The molecular weight excluding hydrogens is 376 g/mol. The van der Waals surface area contributed by atoms with E-state index in [4.69, 9.17) is 4.74 Å². The number of rotatable bonds is 5. The second-order valence-electron chi connectivity index (χ2n) is 5.72. The average Bonchev–Trinajstić information content (AvgIpc) is 3.44. The fourth-order valence-corrected chi connectivity index (χ4v) is 3.05. The number of nitrogens with one attached hydrogen (secondary N) is 1. The zero-order valence-corrected chi connectivity index (χ0v) is 15.3. The Morgan fingerprint density at radius 2 is 1.93 bits per heavy atom. The number of pyridine rings is 1. The second kappa shape index (κ2) is 7.85. The molecule has 1 amide bonds. The highest BCUT2D eigenvalue weighted by molar-refractivity contribution is 7.12. The number of ether oxygens (including phenoxy) is 1. The van der Waals surface area contributed by atoms with E-state index in [1.54, 1.807) is 65.8 Å². The lowest BCUT2D eigenvalue weighted by atomic mass is 10.2. The Morgan fingerprint density at radius 3 is 2.57 bits per heavy atom. The SMILES string of the molecule is O=C(Oc1ccc(NC(=O)c2cccs2)cc1)c1ccc(-n2ccnc2)nc1. The zero-order valence-electron chi connectivity index (χ0n) is 14.5. The fourth-order valence-electron chi connectivity index (χ4n) is 2.43. The number of aromatic nitrogens is 3. The van der Waals surface area contributed by atoms with E-state index in [2.05, 4.69) is 15.3 Å². The van der Waals surface area contributed by atoms with Crippen LogP contribution in [0, 0.1) is 0 Å². The summed E-state index contributed by atoms with van der Waals surface area (Å²) in [6, 6.07) is 13.5. The van der Waals surface area contributed by atoms with Crippen LogP contribution >= 0.6 is 11.3 Å². The van der Waals surface area contributed by atoms with Crippen LogP contribution < -0.4 is 10.1 Å². The summed E-state index contributed by atoms with van der Waals surface area (Å²) in [5, 5.41) is 4.63. The Morgan fingerprint density at radius 1 is 1.07 bits per heavy atom. The van der Waals surface area contributed by atoms with E-state index >= 15 is 0 Å². The van der Waals surface area contributed by atoms with Crippen LogP contribution in [-0.2, 0) is 0 Å². The highest BCUT2D eigenvalue weighted by Crippen LogP contribution is 2.19. The van der Waals surface area contributed by atoms with Gasteiger partial charge in [-0.1, -0.05) is 6.07 Å². The van der Waals surface area contributed by atoms with Gasteiger partial charge in [-0.2, -0.15) is 0 Å². The van der Waals surface area contributed by atoms with E-state index in [9.17, 15) is 9.59 Å². The lowest BCUT2D eigenvalue weighted by Crippen LogP contribution is -2.11. The molecule has 0 saturated carbocycles. The number of carbonyl (C=O) groups excluding carboxylic acids is 2. The molecule has 0 saturated heterocycles. The number of nitrogens with zero attached hydrogens (tertiary/aromatic N) is 3. The average molecular weight is 390 g/mol. The molecule has 138 valence electrons. The van der Waals surface area contributed by atoms with Gasteiger partial charge in [0.05, 0.1) is 10.4 Å². The number of carbonyl (C=O) groups is 2. The van der Waals surface area contributed by atoms with Crippen molar-refractivity contribution < 1.29 is 14.3 Å². The van der Waals surface area contributed by atoms with Gasteiger partial charge < -0.3 is 10.1 Å². The van der Waals surface area contributed by atoms with Crippen LogP contribution in [0.4, 0.5) is 5.69 Å². The summed E-state index contributed by atoms with van der Waals surface area (Å²) in [7, 11) is 0. The molecule has 8 heteroatoms. The number of imidazole rings is 1. The maximum absolute atomic E-state index is 12.3. The maximum Gasteiger partial charge on any atom is 0.345 e. The molecule has 4 aromatic rings. The highest BCUT2D eigenvalue weighted by atomic mass is 32.1. The van der Waals surface area contributed by atoms with Gasteiger partial charge in [-0.05, 0) is 47.8 Å². The smallest absolute Gasteiger partial charge is 0.345 e. The Labute approximate surface area is 164 Å². The van der Waals surface area contributed by atoms with Crippen molar-refractivity contribution in [2.24, 2.45) is 0 Å². The first-order chi connectivity index (χ1) is 13.7. The van der Waals surface area contributed by atoms with Crippen molar-refractivity contribution in [3.63, 3.8) is 0 Å². The number of anilines is 1. The van der Waals surface area contributed by atoms with E-state index in [0.717, 1.165) is 0 Å². The van der Waals surface area contributed by atoms with Crippen molar-refractivity contribution in [1.82, 2.24) is 14.5 Å². The van der Waals surface area contributed by atoms with Crippen LogP contribution in [0.15, 0.2) is 78.8 Å². The van der Waals surface area contributed by atoms with Gasteiger partial charge in [0.25, 0.3) is 5.91 Å². The monoisotopic (exact) mass is 390 g/mol. The molecule has 0 fully saturated rings. The summed E-state index contributed by atoms with van der Waals surface area (Å²) in [6.45, 7) is 0. The van der Waals surface area contributed by atoms with Crippen molar-refractivity contribution >= 4 is 28.9 Å². The number of hydrogen-bond donors (Lipinski definition) is 1. The topological polar surface area (TPSA) is 86.1 Å². The van der Waals surface area contributed by atoms with Crippen molar-refractivity contribution in [3.05, 3.63) is 89.3 Å². The molecule has 0 aliphatic rings. The minimum Gasteiger partial charge on any atom is -0.423 e. The van der Waals surface area contributed by atoms with Crippen LogP contribution in [0.5, 0.6) is 5.75 Å². The van der Waals surface area contributed by atoms with Gasteiger partial charge >= 0.3 is 5.97 Å². The molecule has 1 aromatic carbocycles. The summed E-state index contributed by atoms with van der Waals surface area (Å²) in [4.78, 5) is 33.1. The molecule has 0 spiro atoms. The molecule has 1 N–H and O–H groups in total. The summed E-state index contributed by atoms with van der Waals surface area (Å²) in [5.74, 6) is 0.335. The molecular formula is C20H14N4O3S. The van der Waals surface area contributed by atoms with Crippen molar-refractivity contribution in [2.45, 2.75) is 0 Å². The molecule has 0 unspecified atom stereocenters. The van der Waals surface area contributed by atoms with Crippen LogP contribution in [0.1, 0.15) is 20.0 Å². The predicted molar refractivity (Wildman–Crippen MR) is 105 cm³/mol. The molecule has 0 radical (unpaired) electrons. The minimum atomic E-state index is -0.514. The number of benzene rings is 1. The number of thiophene rings is 1. The zero-order chi connectivity index (χ0) is 19.3. The highest BCUT2D eigenvalue weighted by Gasteiger charge is 2.11. The van der Waals surface area contributed by atoms with Gasteiger partial charge in [0.1, 0.15) is 17.9 Å². The van der Waals surface area contributed by atoms with Crippen LogP contribution in [-0.4, -0.2) is 26.4 Å². The van der Waals surface area contributed by atoms with Gasteiger partial charge in [-0.15, -0.1) is 11.3 Å². The predicted octanol–water partition coefficient (Wildman–Crippen LogP) is 3.80. The van der Waals surface area contributed by atoms with E-state index in [1.165, 1.54) is 17.5 Å². The Bertz CT molecular complexity index is 1070. The molecule has 0 aliphatic heterocycles. The summed E-state index contributed by atoms with van der Waals surface area (Å²) in [6.07, 6.45) is 6.49. The fraction of sp³-hybridized carbons (Fsp3) is 0. The second-order valence-corrected chi connectivity index (χ2v) is 6.67. The standard InChI is InChI=1S/C20H14N4O3S/c25-19(17-2-1-11-28-17)23-15-4-6-16(7-5-15)27-20(26)14-3-8-18(22-12-14)24-10-9-21-13-24/h1-13H,(H,23,25). The normalized spacial score (nSPS) is 10.4. The maximum atomic E-state index is 12.3. The molecule has 0 atom stereocenters. The third-order valence-electron chi connectivity index (χ3n) is 3.82. The molecule has 4 rings (SSSR count). The minimum absolute atomic E-state index is 0.177. The van der Waals surface area contributed by atoms with Crippen LogP contribution in [0.25, 0.3) is 5.82 Å². The molecule has 3 aromatic heterocycles. The van der Waals surface area contributed by atoms with E-state index < -0.39 is 5.97 Å². The van der Waals surface area contributed by atoms with Crippen molar-refractivity contribution in [3.8, 4) is 11.6 Å². The summed E-state index contributed by atoms with van der Waals surface area (Å²) < 4.78 is 7.09. The van der Waals surface area contributed by atoms with Crippen molar-refractivity contribution in [2.75, 3.05) is 5.32 Å². The molecule has 0 bridgehead atoms. The Balaban J connectivity index is 1.38. The van der Waals surface area contributed by atoms with E-state index in [-0.39, 0.29) is 5.91 Å². The van der Waals surface area contributed by atoms with Crippen LogP contribution in [0.2, 0.25) is 0 Å². The summed E-state index contributed by atoms with van der Waals surface area (Å²) >= 11 is 1.37. The van der Waals surface area contributed by atoms with Gasteiger partial charge in [0.2, 0.25) is 0 Å². The van der Waals surface area contributed by atoms with Crippen LogP contribution in [0.3, 0.4) is 0 Å². The molecule has 28 heavy (non-hydrogen) atoms. The number of esters is 1. The first kappa shape index (κ1) is 17.6. The first-order valence-corrected chi connectivity index (χ1v) is 9.18. The quantitative estimate of drug-likeness (QED) is 0.414. The van der Waals surface area contributed by atoms with Crippen molar-refractivity contribution in [1.29, 1.82) is 0 Å². The van der Waals surface area contributed by atoms with Gasteiger partial charge in [-0.3, -0.25) is 9.36 Å². The van der Waals surface area contributed by atoms with Gasteiger partial charge in [-0.25, -0.2) is 14.8 Å². The molecule has 3 heterocycles. The van der Waals surface area contributed by atoms with E-state index in [1.807, 2.05) is 11.4 Å². The lowest BCUT2D eigenvalue weighted by Gasteiger charge is -2.07. The number of amides is 1. The van der Waals surface area contributed by atoms with E-state index in [0.29, 0.717) is 27.7 Å². The largest absolute Gasteiger partial charge is 0.423 e. The summed E-state index contributed by atoms with van der Waals surface area (Å²) in [5.41, 5.74) is 0.948. The lowest BCUT2D eigenvalue weighted by molar-refractivity contribution is 0.0734. The third kappa shape index (κ3) is 3.97.